The van der Waals surface area contributed by atoms with E-state index in [2.05, 4.69) is 84.1 Å². The molecule has 1 saturated heterocycles. The zero-order valence-corrected chi connectivity index (χ0v) is 22.9. The van der Waals surface area contributed by atoms with Crippen molar-refractivity contribution in [2.75, 3.05) is 4.90 Å². The molecule has 6 heteroatoms. The highest BCUT2D eigenvalue weighted by atomic mass is 32.1. The van der Waals surface area contributed by atoms with Gasteiger partial charge >= 0.3 is 0 Å². The van der Waals surface area contributed by atoms with Gasteiger partial charge in [0.25, 0.3) is 0 Å². The van der Waals surface area contributed by atoms with E-state index in [1.165, 1.54) is 28.2 Å². The van der Waals surface area contributed by atoms with Crippen molar-refractivity contribution in [2.24, 2.45) is 0 Å². The van der Waals surface area contributed by atoms with Crippen LogP contribution in [0.4, 0.5) is 5.69 Å². The van der Waals surface area contributed by atoms with Crippen molar-refractivity contribution >= 4 is 23.0 Å². The molecule has 2 aromatic carbocycles. The molecule has 0 bridgehead atoms. The quantitative estimate of drug-likeness (QED) is 0.271. The highest BCUT2D eigenvalue weighted by Crippen LogP contribution is 2.44. The Hall–Kier alpha value is -3.64. The second-order valence-electron chi connectivity index (χ2n) is 9.84. The molecule has 5 nitrogen and oxygen atoms in total. The lowest BCUT2D eigenvalue weighted by atomic mass is 9.96. The molecule has 0 aliphatic carbocycles. The molecule has 4 aromatic rings. The average Bonchev–Trinajstić information content (AvgIpc) is 3.39. The maximum Gasteiger partial charge on any atom is 0.174 e. The van der Waals surface area contributed by atoms with Crippen LogP contribution in [-0.4, -0.2) is 20.8 Å². The predicted octanol–water partition coefficient (Wildman–Crippen LogP) is 7.02. The first-order valence-corrected chi connectivity index (χ1v) is 13.3. The number of nitrogens with zero attached hydrogens (tertiary/aromatic N) is 3. The van der Waals surface area contributed by atoms with E-state index in [1.54, 1.807) is 0 Å². The SMILES string of the molecule is CCc1ccc(-n2c(C)cc([C@H]3[C@@H](c4ccccn4)NC(=S)N3c3ccc(OC(C)C)cc3)c2C)cc1. The van der Waals surface area contributed by atoms with Crippen LogP contribution in [-0.2, 0) is 6.42 Å². The summed E-state index contributed by atoms with van der Waals surface area (Å²) in [6.07, 6.45) is 3.00. The third-order valence-corrected chi connectivity index (χ3v) is 7.29. The van der Waals surface area contributed by atoms with Crippen LogP contribution in [0.2, 0.25) is 0 Å². The topological polar surface area (TPSA) is 42.3 Å². The summed E-state index contributed by atoms with van der Waals surface area (Å²) in [5.74, 6) is 0.850. The fraction of sp³-hybridized carbons (Fsp3) is 0.290. The highest BCUT2D eigenvalue weighted by molar-refractivity contribution is 7.80. The molecule has 1 fully saturated rings. The Morgan fingerprint density at radius 1 is 0.973 bits per heavy atom. The van der Waals surface area contributed by atoms with E-state index in [-0.39, 0.29) is 18.2 Å². The number of anilines is 1. The zero-order chi connectivity index (χ0) is 26.1. The first kappa shape index (κ1) is 25.0. The molecule has 3 heterocycles. The van der Waals surface area contributed by atoms with Crippen molar-refractivity contribution in [1.82, 2.24) is 14.9 Å². The van der Waals surface area contributed by atoms with Crippen molar-refractivity contribution < 1.29 is 4.74 Å². The van der Waals surface area contributed by atoms with Crippen LogP contribution >= 0.6 is 12.2 Å². The summed E-state index contributed by atoms with van der Waals surface area (Å²) in [4.78, 5) is 6.93. The smallest absolute Gasteiger partial charge is 0.174 e. The Labute approximate surface area is 225 Å². The molecule has 37 heavy (non-hydrogen) atoms. The largest absolute Gasteiger partial charge is 0.491 e. The van der Waals surface area contributed by atoms with Gasteiger partial charge in [-0.3, -0.25) is 4.98 Å². The minimum atomic E-state index is -0.0864. The number of hydrogen-bond donors (Lipinski definition) is 1. The van der Waals surface area contributed by atoms with Crippen LogP contribution < -0.4 is 15.0 Å². The van der Waals surface area contributed by atoms with Crippen molar-refractivity contribution in [1.29, 1.82) is 0 Å². The summed E-state index contributed by atoms with van der Waals surface area (Å²) in [5.41, 5.74) is 8.11. The van der Waals surface area contributed by atoms with Crippen LogP contribution in [0.5, 0.6) is 5.75 Å². The van der Waals surface area contributed by atoms with E-state index in [0.717, 1.165) is 23.6 Å². The standard InChI is InChI=1S/C31H34N4OS/c1-6-23-10-12-24(13-11-23)34-21(4)19-27(22(34)5)30-29(28-9-7-8-18-32-28)33-31(37)35(30)25-14-16-26(17-15-25)36-20(2)3/h7-20,29-30H,6H2,1-5H3,(H,33,37)/t29-,30+/m1/s1. The van der Waals surface area contributed by atoms with Gasteiger partial charge in [-0.15, -0.1) is 0 Å². The van der Waals surface area contributed by atoms with E-state index >= 15 is 0 Å². The summed E-state index contributed by atoms with van der Waals surface area (Å²) in [5, 5.41) is 4.27. The zero-order valence-electron chi connectivity index (χ0n) is 22.1. The van der Waals surface area contributed by atoms with Crippen molar-refractivity contribution in [3.05, 3.63) is 107 Å². The molecular weight excluding hydrogens is 476 g/mol. The number of aromatic nitrogens is 2. The van der Waals surface area contributed by atoms with Crippen molar-refractivity contribution in [3.8, 4) is 11.4 Å². The van der Waals surface area contributed by atoms with Gasteiger partial charge in [-0.1, -0.05) is 25.1 Å². The van der Waals surface area contributed by atoms with Gasteiger partial charge in [-0.25, -0.2) is 0 Å². The lowest BCUT2D eigenvalue weighted by molar-refractivity contribution is 0.242. The Morgan fingerprint density at radius 2 is 1.68 bits per heavy atom. The second-order valence-corrected chi connectivity index (χ2v) is 10.2. The van der Waals surface area contributed by atoms with Crippen molar-refractivity contribution in [2.45, 2.75) is 59.2 Å². The minimum Gasteiger partial charge on any atom is -0.491 e. The molecule has 1 N–H and O–H groups in total. The van der Waals surface area contributed by atoms with Gasteiger partial charge in [0.1, 0.15) is 5.75 Å². The number of ether oxygens (including phenoxy) is 1. The number of hydrogen-bond acceptors (Lipinski definition) is 3. The first-order chi connectivity index (χ1) is 17.9. The molecule has 0 spiro atoms. The fourth-order valence-corrected chi connectivity index (χ4v) is 5.62. The number of benzene rings is 2. The third kappa shape index (κ3) is 4.86. The first-order valence-electron chi connectivity index (χ1n) is 12.9. The summed E-state index contributed by atoms with van der Waals surface area (Å²) in [7, 11) is 0. The average molecular weight is 511 g/mol. The van der Waals surface area contributed by atoms with Gasteiger partial charge in [0, 0.05) is 29.0 Å². The van der Waals surface area contributed by atoms with Crippen molar-refractivity contribution in [3.63, 3.8) is 0 Å². The Kier molecular flexibility index (Phi) is 7.02. The van der Waals surface area contributed by atoms with E-state index in [0.29, 0.717) is 5.11 Å². The van der Waals surface area contributed by atoms with Crippen LogP contribution in [0, 0.1) is 13.8 Å². The fourth-order valence-electron chi connectivity index (χ4n) is 5.27. The maximum absolute atomic E-state index is 5.93. The molecule has 0 unspecified atom stereocenters. The number of rotatable bonds is 7. The predicted molar refractivity (Wildman–Crippen MR) is 155 cm³/mol. The van der Waals surface area contributed by atoms with Crippen LogP contribution in [0.3, 0.4) is 0 Å². The van der Waals surface area contributed by atoms with Crippen LogP contribution in [0.25, 0.3) is 5.69 Å². The van der Waals surface area contributed by atoms with Gasteiger partial charge < -0.3 is 19.5 Å². The van der Waals surface area contributed by atoms with E-state index in [9.17, 15) is 0 Å². The summed E-state index contributed by atoms with van der Waals surface area (Å²) in [6.45, 7) is 10.6. The van der Waals surface area contributed by atoms with Gasteiger partial charge in [-0.2, -0.15) is 0 Å². The molecule has 0 saturated carbocycles. The van der Waals surface area contributed by atoms with E-state index in [1.807, 2.05) is 44.3 Å². The number of pyridine rings is 1. The molecule has 5 rings (SSSR count). The molecule has 0 amide bonds. The van der Waals surface area contributed by atoms with Gasteiger partial charge in [0.2, 0.25) is 0 Å². The van der Waals surface area contributed by atoms with Crippen LogP contribution in [0.15, 0.2) is 79.0 Å². The minimum absolute atomic E-state index is 0.0610. The number of thiocarbonyl (C=S) groups is 1. The summed E-state index contributed by atoms with van der Waals surface area (Å²) < 4.78 is 8.22. The Morgan fingerprint density at radius 3 is 2.30 bits per heavy atom. The van der Waals surface area contributed by atoms with Gasteiger partial charge in [-0.05, 0) is 112 Å². The molecule has 190 valence electrons. The third-order valence-electron chi connectivity index (χ3n) is 6.98. The van der Waals surface area contributed by atoms with Gasteiger partial charge in [0.05, 0.1) is 23.9 Å². The lowest BCUT2D eigenvalue weighted by Crippen LogP contribution is -2.29. The number of nitrogens with one attached hydrogen (secondary N) is 1. The molecule has 1 aliphatic rings. The second kappa shape index (κ2) is 10.4. The molecule has 2 aromatic heterocycles. The monoisotopic (exact) mass is 510 g/mol. The maximum atomic E-state index is 5.93. The van der Waals surface area contributed by atoms with E-state index < -0.39 is 0 Å². The molecule has 1 aliphatic heterocycles. The summed E-state index contributed by atoms with van der Waals surface area (Å²) in [6, 6.07) is 25.2. The molecule has 2 atom stereocenters. The molecular formula is C31H34N4OS. The summed E-state index contributed by atoms with van der Waals surface area (Å²) >= 11 is 5.93. The lowest BCUT2D eigenvalue weighted by Gasteiger charge is -2.28. The number of aryl methyl sites for hydroxylation is 2. The van der Waals surface area contributed by atoms with Crippen LogP contribution in [0.1, 0.15) is 61.1 Å². The highest BCUT2D eigenvalue weighted by Gasteiger charge is 2.42. The van der Waals surface area contributed by atoms with Gasteiger partial charge in [0.15, 0.2) is 5.11 Å². The Balaban J connectivity index is 1.61. The Bertz CT molecular complexity index is 1380. The van der Waals surface area contributed by atoms with E-state index in [4.69, 9.17) is 21.9 Å². The normalized spacial score (nSPS) is 17.4. The molecule has 0 radical (unpaired) electrons.